The molecule has 0 spiro atoms. The zero-order valence-corrected chi connectivity index (χ0v) is 22.7. The van der Waals surface area contributed by atoms with E-state index in [1.54, 1.807) is 24.3 Å². The molecular formula is C29H26Cl2FNO6. The minimum Gasteiger partial charge on any atom is -0.479 e. The summed E-state index contributed by atoms with van der Waals surface area (Å²) in [4.78, 5) is 28.3. The molecular weight excluding hydrogens is 548 g/mol. The first-order valence-electron chi connectivity index (χ1n) is 12.3. The van der Waals surface area contributed by atoms with Crippen molar-refractivity contribution in [3.05, 3.63) is 104 Å². The highest BCUT2D eigenvalue weighted by Gasteiger charge is 2.59. The van der Waals surface area contributed by atoms with Gasteiger partial charge in [-0.05, 0) is 67.8 Å². The minimum absolute atomic E-state index is 0.110. The summed E-state index contributed by atoms with van der Waals surface area (Å²) in [7, 11) is 0. The molecule has 39 heavy (non-hydrogen) atoms. The highest BCUT2D eigenvalue weighted by atomic mass is 35.5. The molecule has 3 aromatic carbocycles. The quantitative estimate of drug-likeness (QED) is 0.379. The molecule has 204 valence electrons. The fourth-order valence-corrected chi connectivity index (χ4v) is 5.45. The van der Waals surface area contributed by atoms with Gasteiger partial charge >= 0.3 is 5.97 Å². The molecule has 2 heterocycles. The highest BCUT2D eigenvalue weighted by molar-refractivity contribution is 6.30. The Morgan fingerprint density at radius 3 is 2.28 bits per heavy atom. The number of benzene rings is 3. The second-order valence-corrected chi connectivity index (χ2v) is 11.0. The van der Waals surface area contributed by atoms with Crippen LogP contribution in [0.3, 0.4) is 0 Å². The highest BCUT2D eigenvalue weighted by Crippen LogP contribution is 2.52. The van der Waals surface area contributed by atoms with Gasteiger partial charge in [0.2, 0.25) is 5.72 Å². The van der Waals surface area contributed by atoms with Crippen LogP contribution in [0.2, 0.25) is 10.0 Å². The lowest BCUT2D eigenvalue weighted by atomic mass is 9.88. The fourth-order valence-electron chi connectivity index (χ4n) is 5.20. The number of carbonyl (C=O) groups is 2. The predicted molar refractivity (Wildman–Crippen MR) is 142 cm³/mol. The van der Waals surface area contributed by atoms with Gasteiger partial charge in [0, 0.05) is 22.2 Å². The molecule has 3 atom stereocenters. The molecule has 0 aliphatic carbocycles. The Morgan fingerprint density at radius 2 is 1.74 bits per heavy atom. The summed E-state index contributed by atoms with van der Waals surface area (Å²) in [5.74, 6) is -2.95. The number of hydrogen-bond acceptors (Lipinski definition) is 5. The lowest BCUT2D eigenvalue weighted by Gasteiger charge is -2.43. The number of carboxylic acid groups (broad SMARTS) is 1. The van der Waals surface area contributed by atoms with Crippen molar-refractivity contribution in [3.63, 3.8) is 0 Å². The Labute approximate surface area is 234 Å². The first-order valence-corrected chi connectivity index (χ1v) is 13.1. The van der Waals surface area contributed by atoms with E-state index in [2.05, 4.69) is 0 Å². The maximum Gasteiger partial charge on any atom is 0.331 e. The first kappa shape index (κ1) is 27.6. The molecule has 3 aromatic rings. The number of halogens is 3. The second-order valence-electron chi connectivity index (χ2n) is 10.2. The van der Waals surface area contributed by atoms with Crippen molar-refractivity contribution in [2.45, 2.75) is 43.7 Å². The number of nitrogens with zero attached hydrogens (tertiary/aromatic N) is 1. The Balaban J connectivity index is 1.85. The van der Waals surface area contributed by atoms with E-state index in [0.29, 0.717) is 28.6 Å². The molecule has 2 aliphatic heterocycles. The van der Waals surface area contributed by atoms with Gasteiger partial charge in [0.05, 0.1) is 29.4 Å². The molecule has 5 rings (SSSR count). The van der Waals surface area contributed by atoms with Crippen LogP contribution in [0.25, 0.3) is 0 Å². The lowest BCUT2D eigenvalue weighted by molar-refractivity contribution is -0.173. The topological polar surface area (TPSA) is 96.3 Å². The molecule has 2 aliphatic rings. The van der Waals surface area contributed by atoms with E-state index in [-0.39, 0.29) is 28.9 Å². The number of carboxylic acids is 1. The summed E-state index contributed by atoms with van der Waals surface area (Å²) in [6.45, 7) is 3.51. The van der Waals surface area contributed by atoms with E-state index < -0.39 is 41.2 Å². The van der Waals surface area contributed by atoms with E-state index in [9.17, 15) is 19.8 Å². The largest absolute Gasteiger partial charge is 0.479 e. The van der Waals surface area contributed by atoms with Crippen LogP contribution in [0.5, 0.6) is 0 Å². The zero-order valence-electron chi connectivity index (χ0n) is 21.2. The predicted octanol–water partition coefficient (Wildman–Crippen LogP) is 5.65. The van der Waals surface area contributed by atoms with Gasteiger partial charge in [0.1, 0.15) is 5.82 Å². The van der Waals surface area contributed by atoms with Gasteiger partial charge in [-0.1, -0.05) is 47.5 Å². The van der Waals surface area contributed by atoms with E-state index in [1.165, 1.54) is 44.2 Å². The summed E-state index contributed by atoms with van der Waals surface area (Å²) in [5.41, 5.74) is -3.03. The lowest BCUT2D eigenvalue weighted by Crippen LogP contribution is -2.52. The van der Waals surface area contributed by atoms with Gasteiger partial charge < -0.3 is 19.7 Å². The Morgan fingerprint density at radius 1 is 1.13 bits per heavy atom. The van der Waals surface area contributed by atoms with Crippen LogP contribution in [0, 0.1) is 5.82 Å². The van der Waals surface area contributed by atoms with Crippen LogP contribution in [-0.2, 0) is 25.6 Å². The van der Waals surface area contributed by atoms with E-state index in [0.717, 1.165) is 11.0 Å². The van der Waals surface area contributed by atoms with Crippen molar-refractivity contribution >= 4 is 35.1 Å². The standard InChI is InChI=1S/C29H26Cl2FNO6/c1-28(2,37)18-13-22-24(23(32)14-18)29(39-21-11-12-38-15-21,17-5-9-20(31)10-6-17)33(26(22)34)25(27(35)36)16-3-7-19(30)8-4-16/h3-10,13-14,21,25,37H,11-12,15H2,1-2H3,(H,35,36)/t21?,25-,29-/m1/s1. The van der Waals surface area contributed by atoms with Gasteiger partial charge in [0.25, 0.3) is 5.91 Å². The van der Waals surface area contributed by atoms with Crippen molar-refractivity contribution in [3.8, 4) is 0 Å². The zero-order chi connectivity index (χ0) is 28.1. The van der Waals surface area contributed by atoms with Crippen LogP contribution in [0.1, 0.15) is 58.9 Å². The molecule has 1 fully saturated rings. The third-order valence-electron chi connectivity index (χ3n) is 7.06. The van der Waals surface area contributed by atoms with Crippen molar-refractivity contribution in [2.24, 2.45) is 0 Å². The molecule has 1 saturated heterocycles. The van der Waals surface area contributed by atoms with Gasteiger partial charge in [-0.3, -0.25) is 9.69 Å². The van der Waals surface area contributed by atoms with E-state index in [1.807, 2.05) is 0 Å². The molecule has 7 nitrogen and oxygen atoms in total. The van der Waals surface area contributed by atoms with Gasteiger partial charge in [-0.2, -0.15) is 0 Å². The van der Waals surface area contributed by atoms with Gasteiger partial charge in [0.15, 0.2) is 6.04 Å². The summed E-state index contributed by atoms with van der Waals surface area (Å²) in [6, 6.07) is 13.3. The molecule has 1 amide bonds. The number of rotatable bonds is 7. The minimum atomic E-state index is -2.00. The number of aliphatic hydroxyl groups is 1. The Kier molecular flexibility index (Phi) is 7.20. The van der Waals surface area contributed by atoms with Crippen LogP contribution < -0.4 is 0 Å². The van der Waals surface area contributed by atoms with Crippen LogP contribution in [0.4, 0.5) is 4.39 Å². The summed E-state index contributed by atoms with van der Waals surface area (Å²) < 4.78 is 28.4. The van der Waals surface area contributed by atoms with Crippen molar-refractivity contribution in [2.75, 3.05) is 13.2 Å². The Hall–Kier alpha value is -3.01. The molecule has 2 N–H and O–H groups in total. The summed E-state index contributed by atoms with van der Waals surface area (Å²) in [6.07, 6.45) is -0.121. The fraction of sp³-hybridized carbons (Fsp3) is 0.310. The third kappa shape index (κ3) is 4.81. The SMILES string of the molecule is CC(C)(O)c1cc(F)c2c(c1)C(=O)N([C@@H](C(=O)O)c1ccc(Cl)cc1)[C@@]2(OC1CCOC1)c1ccc(Cl)cc1. The Bertz CT molecular complexity index is 1420. The number of hydrogen-bond donors (Lipinski definition) is 2. The van der Waals surface area contributed by atoms with Crippen molar-refractivity contribution < 1.29 is 33.7 Å². The maximum absolute atomic E-state index is 16.3. The molecule has 10 heteroatoms. The molecule has 0 bridgehead atoms. The van der Waals surface area contributed by atoms with Crippen LogP contribution in [0.15, 0.2) is 60.7 Å². The molecule has 1 unspecified atom stereocenters. The summed E-state index contributed by atoms with van der Waals surface area (Å²) in [5, 5.41) is 21.9. The maximum atomic E-state index is 16.3. The number of amides is 1. The monoisotopic (exact) mass is 573 g/mol. The van der Waals surface area contributed by atoms with E-state index in [4.69, 9.17) is 32.7 Å². The first-order chi connectivity index (χ1) is 18.4. The van der Waals surface area contributed by atoms with E-state index >= 15 is 4.39 Å². The molecule has 0 saturated carbocycles. The second kappa shape index (κ2) is 10.2. The molecule has 0 aromatic heterocycles. The smallest absolute Gasteiger partial charge is 0.331 e. The number of ether oxygens (including phenoxy) is 2. The van der Waals surface area contributed by atoms with Gasteiger partial charge in [-0.25, -0.2) is 9.18 Å². The summed E-state index contributed by atoms with van der Waals surface area (Å²) >= 11 is 12.2. The van der Waals surface area contributed by atoms with Crippen molar-refractivity contribution in [1.29, 1.82) is 0 Å². The average molecular weight is 574 g/mol. The van der Waals surface area contributed by atoms with Crippen LogP contribution in [-0.4, -0.2) is 46.3 Å². The van der Waals surface area contributed by atoms with Crippen LogP contribution >= 0.6 is 23.2 Å². The number of fused-ring (bicyclic) bond motifs is 1. The van der Waals surface area contributed by atoms with Crippen molar-refractivity contribution in [1.82, 2.24) is 4.90 Å². The number of carbonyl (C=O) groups excluding carboxylic acids is 1. The third-order valence-corrected chi connectivity index (χ3v) is 7.57. The average Bonchev–Trinajstić information content (AvgIpc) is 3.46. The number of aliphatic carboxylic acids is 1. The normalized spacial score (nSPS) is 21.7. The van der Waals surface area contributed by atoms with Gasteiger partial charge in [-0.15, -0.1) is 0 Å². The molecule has 0 radical (unpaired) electrons.